The van der Waals surface area contributed by atoms with Crippen LogP contribution in [0.1, 0.15) is 22.7 Å². The Labute approximate surface area is 123 Å². The molecule has 0 saturated carbocycles. The van der Waals surface area contributed by atoms with Crippen molar-refractivity contribution in [1.82, 2.24) is 10.3 Å². The number of halogens is 1. The Balaban J connectivity index is 2.21. The molecule has 0 aliphatic carbocycles. The predicted octanol–water partition coefficient (Wildman–Crippen LogP) is 3.99. The lowest BCUT2D eigenvalue weighted by Gasteiger charge is -2.19. The van der Waals surface area contributed by atoms with E-state index >= 15 is 0 Å². The largest absolute Gasteiger partial charge is 0.309 e. The maximum Gasteiger partial charge on any atom is 0.128 e. The SMILES string of the molecule is CNC(c1cc(C)ccc1F)c1cccc2cccnc12. The van der Waals surface area contributed by atoms with Crippen LogP contribution in [0.25, 0.3) is 10.9 Å². The Bertz CT molecular complexity index is 778. The Morgan fingerprint density at radius 2 is 1.86 bits per heavy atom. The van der Waals surface area contributed by atoms with Gasteiger partial charge in [-0.3, -0.25) is 4.98 Å². The maximum atomic E-state index is 14.2. The third kappa shape index (κ3) is 2.52. The summed E-state index contributed by atoms with van der Waals surface area (Å²) in [5.74, 6) is -0.201. The van der Waals surface area contributed by atoms with Crippen molar-refractivity contribution in [2.75, 3.05) is 7.05 Å². The highest BCUT2D eigenvalue weighted by atomic mass is 19.1. The summed E-state index contributed by atoms with van der Waals surface area (Å²) >= 11 is 0. The van der Waals surface area contributed by atoms with E-state index in [1.165, 1.54) is 6.07 Å². The van der Waals surface area contributed by atoms with Gasteiger partial charge in [-0.1, -0.05) is 42.0 Å². The van der Waals surface area contributed by atoms with Crippen LogP contribution in [0.3, 0.4) is 0 Å². The molecule has 0 aliphatic heterocycles. The number of fused-ring (bicyclic) bond motifs is 1. The quantitative estimate of drug-likeness (QED) is 0.784. The molecule has 0 saturated heterocycles. The first-order valence-electron chi connectivity index (χ1n) is 6.97. The molecule has 1 unspecified atom stereocenters. The second kappa shape index (κ2) is 5.62. The number of aryl methyl sites for hydroxylation is 1. The molecule has 0 radical (unpaired) electrons. The summed E-state index contributed by atoms with van der Waals surface area (Å²) < 4.78 is 14.2. The highest BCUT2D eigenvalue weighted by Gasteiger charge is 2.19. The summed E-state index contributed by atoms with van der Waals surface area (Å²) in [5.41, 5.74) is 3.58. The van der Waals surface area contributed by atoms with Crippen LogP contribution in [0.2, 0.25) is 0 Å². The molecule has 1 heterocycles. The summed E-state index contributed by atoms with van der Waals surface area (Å²) in [6.45, 7) is 1.97. The van der Waals surface area contributed by atoms with Crippen molar-refractivity contribution in [2.45, 2.75) is 13.0 Å². The molecule has 3 heteroatoms. The van der Waals surface area contributed by atoms with E-state index in [0.717, 1.165) is 22.0 Å². The molecule has 0 amide bonds. The van der Waals surface area contributed by atoms with Crippen LogP contribution in [0.4, 0.5) is 4.39 Å². The summed E-state index contributed by atoms with van der Waals surface area (Å²) in [5, 5.41) is 4.27. The molecule has 1 N–H and O–H groups in total. The smallest absolute Gasteiger partial charge is 0.128 e. The Morgan fingerprint density at radius 3 is 2.67 bits per heavy atom. The molecule has 3 aromatic rings. The fourth-order valence-electron chi connectivity index (χ4n) is 2.72. The number of hydrogen-bond acceptors (Lipinski definition) is 2. The van der Waals surface area contributed by atoms with E-state index < -0.39 is 0 Å². The monoisotopic (exact) mass is 280 g/mol. The number of para-hydroxylation sites is 1. The first kappa shape index (κ1) is 13.7. The van der Waals surface area contributed by atoms with E-state index in [1.807, 2.05) is 50.4 Å². The first-order valence-corrected chi connectivity index (χ1v) is 6.97. The van der Waals surface area contributed by atoms with Crippen LogP contribution in [0.15, 0.2) is 54.7 Å². The van der Waals surface area contributed by atoms with E-state index in [2.05, 4.69) is 10.3 Å². The van der Waals surface area contributed by atoms with Crippen LogP contribution in [-0.2, 0) is 0 Å². The molecule has 21 heavy (non-hydrogen) atoms. The van der Waals surface area contributed by atoms with E-state index in [4.69, 9.17) is 0 Å². The number of nitrogens with one attached hydrogen (secondary N) is 1. The Hall–Kier alpha value is -2.26. The van der Waals surface area contributed by atoms with E-state index in [-0.39, 0.29) is 11.9 Å². The van der Waals surface area contributed by atoms with Gasteiger partial charge >= 0.3 is 0 Å². The van der Waals surface area contributed by atoms with E-state index in [0.29, 0.717) is 5.56 Å². The summed E-state index contributed by atoms with van der Waals surface area (Å²) in [6.07, 6.45) is 1.77. The summed E-state index contributed by atoms with van der Waals surface area (Å²) in [6, 6.07) is 14.9. The fraction of sp³-hybridized carbons (Fsp3) is 0.167. The fourth-order valence-corrected chi connectivity index (χ4v) is 2.72. The zero-order valence-corrected chi connectivity index (χ0v) is 12.1. The van der Waals surface area contributed by atoms with Gasteiger partial charge in [0.25, 0.3) is 0 Å². The van der Waals surface area contributed by atoms with Gasteiger partial charge in [-0.2, -0.15) is 0 Å². The lowest BCUT2D eigenvalue weighted by molar-refractivity contribution is 0.576. The van der Waals surface area contributed by atoms with Gasteiger partial charge in [0.15, 0.2) is 0 Å². The lowest BCUT2D eigenvalue weighted by Crippen LogP contribution is -2.19. The molecule has 1 aromatic heterocycles. The van der Waals surface area contributed by atoms with Crippen molar-refractivity contribution < 1.29 is 4.39 Å². The molecular weight excluding hydrogens is 263 g/mol. The van der Waals surface area contributed by atoms with E-state index in [9.17, 15) is 4.39 Å². The molecule has 0 bridgehead atoms. The summed E-state index contributed by atoms with van der Waals surface area (Å²) in [4.78, 5) is 4.47. The van der Waals surface area contributed by atoms with Crippen LogP contribution in [0, 0.1) is 12.7 Å². The normalized spacial score (nSPS) is 12.5. The minimum Gasteiger partial charge on any atom is -0.309 e. The van der Waals surface area contributed by atoms with Gasteiger partial charge in [-0.15, -0.1) is 0 Å². The highest BCUT2D eigenvalue weighted by Crippen LogP contribution is 2.29. The van der Waals surface area contributed by atoms with Gasteiger partial charge in [-0.25, -0.2) is 4.39 Å². The highest BCUT2D eigenvalue weighted by molar-refractivity contribution is 5.82. The average molecular weight is 280 g/mol. The van der Waals surface area contributed by atoms with Gasteiger partial charge in [0.2, 0.25) is 0 Å². The topological polar surface area (TPSA) is 24.9 Å². The van der Waals surface area contributed by atoms with Gasteiger partial charge in [0.1, 0.15) is 5.82 Å². The second-order valence-corrected chi connectivity index (χ2v) is 5.17. The Morgan fingerprint density at radius 1 is 1.05 bits per heavy atom. The molecule has 3 rings (SSSR count). The number of benzene rings is 2. The average Bonchev–Trinajstić information content (AvgIpc) is 2.51. The van der Waals surface area contributed by atoms with Crippen molar-refractivity contribution in [3.63, 3.8) is 0 Å². The molecule has 0 aliphatic rings. The molecule has 2 nitrogen and oxygen atoms in total. The van der Waals surface area contributed by atoms with E-state index in [1.54, 1.807) is 12.3 Å². The standard InChI is InChI=1S/C18H17FN2/c1-12-8-9-16(19)15(11-12)18(20-2)14-7-3-5-13-6-4-10-21-17(13)14/h3-11,18,20H,1-2H3. The van der Waals surface area contributed by atoms with Gasteiger partial charge in [0, 0.05) is 17.1 Å². The third-order valence-corrected chi connectivity index (χ3v) is 3.73. The number of hydrogen-bond donors (Lipinski definition) is 1. The zero-order valence-electron chi connectivity index (χ0n) is 12.1. The molecule has 1 atom stereocenters. The van der Waals surface area contributed by atoms with Crippen LogP contribution in [0.5, 0.6) is 0 Å². The second-order valence-electron chi connectivity index (χ2n) is 5.17. The lowest BCUT2D eigenvalue weighted by atomic mass is 9.95. The van der Waals surface area contributed by atoms with Gasteiger partial charge < -0.3 is 5.32 Å². The number of rotatable bonds is 3. The van der Waals surface area contributed by atoms with Crippen LogP contribution >= 0.6 is 0 Å². The zero-order chi connectivity index (χ0) is 14.8. The number of nitrogens with zero attached hydrogens (tertiary/aromatic N) is 1. The van der Waals surface area contributed by atoms with Crippen molar-refractivity contribution in [3.8, 4) is 0 Å². The first-order chi connectivity index (χ1) is 10.2. The van der Waals surface area contributed by atoms with Crippen molar-refractivity contribution >= 4 is 10.9 Å². The minimum atomic E-state index is -0.219. The molecule has 0 fully saturated rings. The number of aromatic nitrogens is 1. The van der Waals surface area contributed by atoms with Gasteiger partial charge in [0.05, 0.1) is 11.6 Å². The van der Waals surface area contributed by atoms with Crippen molar-refractivity contribution in [1.29, 1.82) is 0 Å². The predicted molar refractivity (Wildman–Crippen MR) is 83.8 cm³/mol. The van der Waals surface area contributed by atoms with Crippen molar-refractivity contribution in [2.24, 2.45) is 0 Å². The third-order valence-electron chi connectivity index (χ3n) is 3.73. The molecule has 0 spiro atoms. The summed E-state index contributed by atoms with van der Waals surface area (Å²) in [7, 11) is 1.84. The van der Waals surface area contributed by atoms with Crippen molar-refractivity contribution in [3.05, 3.63) is 77.2 Å². The van der Waals surface area contributed by atoms with Gasteiger partial charge in [-0.05, 0) is 31.7 Å². The molecule has 2 aromatic carbocycles. The van der Waals surface area contributed by atoms with Crippen LogP contribution in [-0.4, -0.2) is 12.0 Å². The van der Waals surface area contributed by atoms with Crippen LogP contribution < -0.4 is 5.32 Å². The number of pyridine rings is 1. The Kier molecular flexibility index (Phi) is 3.67. The molecule has 106 valence electrons. The minimum absolute atomic E-state index is 0.201. The molecular formula is C18H17FN2. The maximum absolute atomic E-state index is 14.2.